The summed E-state index contributed by atoms with van der Waals surface area (Å²) in [6.07, 6.45) is 2.74. The fourth-order valence-corrected chi connectivity index (χ4v) is 4.54. The molecule has 2 aromatic carbocycles. The van der Waals surface area contributed by atoms with Gasteiger partial charge in [0.2, 0.25) is 0 Å². The number of benzene rings is 2. The fraction of sp³-hybridized carbons (Fsp3) is 0.480. The molecule has 0 amide bonds. The molecule has 2 rings (SSSR count). The number of halogens is 2. The van der Waals surface area contributed by atoms with Crippen LogP contribution in [0.3, 0.4) is 0 Å². The monoisotopic (exact) mass is 508 g/mol. The van der Waals surface area contributed by atoms with Crippen molar-refractivity contribution in [3.05, 3.63) is 58.1 Å². The van der Waals surface area contributed by atoms with Gasteiger partial charge >= 0.3 is 0 Å². The van der Waals surface area contributed by atoms with Crippen molar-refractivity contribution in [1.82, 2.24) is 4.90 Å². The molecule has 0 bridgehead atoms. The smallest absolute Gasteiger partial charge is 0.160 e. The van der Waals surface area contributed by atoms with Crippen molar-refractivity contribution in [3.63, 3.8) is 0 Å². The van der Waals surface area contributed by atoms with Gasteiger partial charge in [-0.25, -0.2) is 0 Å². The third-order valence-electron chi connectivity index (χ3n) is 5.88. The fourth-order valence-electron chi connectivity index (χ4n) is 3.90. The van der Waals surface area contributed by atoms with E-state index >= 15 is 0 Å². The quantitative estimate of drug-likeness (QED) is 0.359. The molecule has 6 heteroatoms. The van der Waals surface area contributed by atoms with Crippen molar-refractivity contribution in [2.24, 2.45) is 5.92 Å². The van der Waals surface area contributed by atoms with Gasteiger partial charge < -0.3 is 14.4 Å². The number of hydrogen-bond donors (Lipinski definition) is 0. The zero-order chi connectivity index (χ0) is 22.1. The highest BCUT2D eigenvalue weighted by molar-refractivity contribution is 9.10. The van der Waals surface area contributed by atoms with Crippen molar-refractivity contribution in [3.8, 4) is 17.6 Å². The predicted octanol–water partition coefficient (Wildman–Crippen LogP) is 6.26. The normalized spacial score (nSPS) is 12.7. The van der Waals surface area contributed by atoms with E-state index < -0.39 is 5.41 Å². The molecular weight excluding hydrogens is 476 g/mol. The Balaban J connectivity index is 0.00000480. The molecule has 1 unspecified atom stereocenters. The highest BCUT2D eigenvalue weighted by atomic mass is 79.9. The molecule has 0 N–H and O–H groups in total. The van der Waals surface area contributed by atoms with Crippen LogP contribution < -0.4 is 9.47 Å². The van der Waals surface area contributed by atoms with E-state index in [-0.39, 0.29) is 18.3 Å². The lowest BCUT2D eigenvalue weighted by atomic mass is 9.70. The van der Waals surface area contributed by atoms with E-state index in [4.69, 9.17) is 9.47 Å². The Labute approximate surface area is 202 Å². The first-order valence-electron chi connectivity index (χ1n) is 10.4. The lowest BCUT2D eigenvalue weighted by Gasteiger charge is -2.33. The Kier molecular flexibility index (Phi) is 11.4. The van der Waals surface area contributed by atoms with Crippen molar-refractivity contribution < 1.29 is 9.47 Å². The molecule has 170 valence electrons. The summed E-state index contributed by atoms with van der Waals surface area (Å²) in [7, 11) is 5.45. The minimum atomic E-state index is -0.482. The number of rotatable bonds is 11. The van der Waals surface area contributed by atoms with Crippen LogP contribution in [0.2, 0.25) is 0 Å². The first kappa shape index (κ1) is 27.3. The number of methoxy groups -OCH3 is 2. The second-order valence-corrected chi connectivity index (χ2v) is 8.92. The molecule has 0 aliphatic heterocycles. The zero-order valence-corrected chi connectivity index (χ0v) is 21.6. The van der Waals surface area contributed by atoms with E-state index in [0.717, 1.165) is 53.9 Å². The van der Waals surface area contributed by atoms with E-state index in [1.165, 1.54) is 5.56 Å². The minimum absolute atomic E-state index is 0. The summed E-state index contributed by atoms with van der Waals surface area (Å²) in [4.78, 5) is 2.33. The molecule has 0 heterocycles. The van der Waals surface area contributed by atoms with Gasteiger partial charge in [-0.3, -0.25) is 0 Å². The maximum Gasteiger partial charge on any atom is 0.160 e. The van der Waals surface area contributed by atoms with Crippen molar-refractivity contribution >= 4 is 28.3 Å². The van der Waals surface area contributed by atoms with Gasteiger partial charge in [0, 0.05) is 11.0 Å². The largest absolute Gasteiger partial charge is 0.493 e. The van der Waals surface area contributed by atoms with Gasteiger partial charge in [-0.2, -0.15) is 5.26 Å². The third-order valence-corrected chi connectivity index (χ3v) is 6.57. The lowest BCUT2D eigenvalue weighted by molar-refractivity contribution is 0.293. The van der Waals surface area contributed by atoms with Gasteiger partial charge in [0.15, 0.2) is 11.5 Å². The van der Waals surface area contributed by atoms with Gasteiger partial charge in [0.25, 0.3) is 0 Å². The van der Waals surface area contributed by atoms with Gasteiger partial charge in [-0.05, 0) is 68.1 Å². The zero-order valence-electron chi connectivity index (χ0n) is 19.2. The van der Waals surface area contributed by atoms with Crippen molar-refractivity contribution in [2.75, 3.05) is 34.4 Å². The van der Waals surface area contributed by atoms with Crippen LogP contribution in [-0.4, -0.2) is 39.3 Å². The Hall–Kier alpha value is -1.74. The van der Waals surface area contributed by atoms with Crippen LogP contribution in [0.25, 0.3) is 0 Å². The first-order chi connectivity index (χ1) is 14.4. The predicted molar refractivity (Wildman–Crippen MR) is 134 cm³/mol. The summed E-state index contributed by atoms with van der Waals surface area (Å²) in [5, 5.41) is 10.1. The Bertz CT molecular complexity index is 869. The van der Waals surface area contributed by atoms with E-state index in [1.807, 2.05) is 30.3 Å². The number of hydrogen-bond acceptors (Lipinski definition) is 4. The van der Waals surface area contributed by atoms with Crippen LogP contribution in [0, 0.1) is 17.2 Å². The molecule has 0 saturated carbocycles. The Morgan fingerprint density at radius 1 is 1.06 bits per heavy atom. The van der Waals surface area contributed by atoms with Crippen LogP contribution in [0.5, 0.6) is 11.5 Å². The molecular formula is C25H34BrClN2O2. The summed E-state index contributed by atoms with van der Waals surface area (Å²) in [5.74, 6) is 1.75. The van der Waals surface area contributed by atoms with Crippen LogP contribution >= 0.6 is 28.3 Å². The molecule has 31 heavy (non-hydrogen) atoms. The molecule has 0 radical (unpaired) electrons. The van der Waals surface area contributed by atoms with Crippen LogP contribution in [-0.2, 0) is 11.8 Å². The second-order valence-electron chi connectivity index (χ2n) is 8.06. The number of nitriles is 1. The maximum atomic E-state index is 10.1. The van der Waals surface area contributed by atoms with E-state index in [9.17, 15) is 5.26 Å². The molecule has 0 aliphatic rings. The van der Waals surface area contributed by atoms with E-state index in [2.05, 4.69) is 59.9 Å². The van der Waals surface area contributed by atoms with Crippen LogP contribution in [0.4, 0.5) is 0 Å². The summed E-state index contributed by atoms with van der Waals surface area (Å²) in [6, 6.07) is 16.9. The summed E-state index contributed by atoms with van der Waals surface area (Å²) in [6.45, 7) is 6.19. The van der Waals surface area contributed by atoms with E-state index in [1.54, 1.807) is 14.2 Å². The SMILES string of the molecule is COc1ccc(CCN(C)CCCC(C#N)(c2ccccc2Br)C(C)C)cc1OC.Cl. The highest BCUT2D eigenvalue weighted by Crippen LogP contribution is 2.40. The van der Waals surface area contributed by atoms with Gasteiger partial charge in [0.1, 0.15) is 0 Å². The topological polar surface area (TPSA) is 45.5 Å². The average Bonchev–Trinajstić information content (AvgIpc) is 2.75. The standard InChI is InChI=1S/C25H33BrN2O2.ClH/c1-19(2)25(18-27,21-9-6-7-10-22(21)26)14-8-15-28(3)16-13-20-11-12-23(29-4)24(17-20)30-5;/h6-7,9-12,17,19H,8,13-16H2,1-5H3;1H. The van der Waals surface area contributed by atoms with Crippen molar-refractivity contribution in [1.29, 1.82) is 5.26 Å². The molecule has 0 aromatic heterocycles. The molecule has 4 nitrogen and oxygen atoms in total. The number of likely N-dealkylation sites (N-methyl/N-ethyl adjacent to an activating group) is 1. The summed E-state index contributed by atoms with van der Waals surface area (Å²) >= 11 is 3.65. The lowest BCUT2D eigenvalue weighted by Crippen LogP contribution is -2.33. The third kappa shape index (κ3) is 6.87. The Morgan fingerprint density at radius 2 is 1.74 bits per heavy atom. The summed E-state index contributed by atoms with van der Waals surface area (Å²) < 4.78 is 11.7. The van der Waals surface area contributed by atoms with Gasteiger partial charge in [0.05, 0.1) is 25.7 Å². The van der Waals surface area contributed by atoms with Crippen LogP contribution in [0.15, 0.2) is 46.9 Å². The maximum absolute atomic E-state index is 10.1. The van der Waals surface area contributed by atoms with Crippen LogP contribution in [0.1, 0.15) is 37.8 Å². The van der Waals surface area contributed by atoms with Crippen molar-refractivity contribution in [2.45, 2.75) is 38.5 Å². The van der Waals surface area contributed by atoms with Gasteiger partial charge in [-0.1, -0.05) is 54.0 Å². The molecule has 1 atom stereocenters. The number of ether oxygens (including phenoxy) is 2. The molecule has 0 spiro atoms. The molecule has 0 saturated heterocycles. The molecule has 0 fully saturated rings. The Morgan fingerprint density at radius 3 is 2.32 bits per heavy atom. The number of nitrogens with zero attached hydrogens (tertiary/aromatic N) is 2. The second kappa shape index (κ2) is 13.0. The minimum Gasteiger partial charge on any atom is -0.493 e. The summed E-state index contributed by atoms with van der Waals surface area (Å²) in [5.41, 5.74) is 1.83. The first-order valence-corrected chi connectivity index (χ1v) is 11.2. The molecule has 0 aliphatic carbocycles. The molecule has 2 aromatic rings. The highest BCUT2D eigenvalue weighted by Gasteiger charge is 2.36. The van der Waals surface area contributed by atoms with E-state index in [0.29, 0.717) is 0 Å². The van der Waals surface area contributed by atoms with Gasteiger partial charge in [-0.15, -0.1) is 12.4 Å². The average molecular weight is 510 g/mol.